The average molecular weight is 327 g/mol. The van der Waals surface area contributed by atoms with Crippen LogP contribution in [0, 0.1) is 0 Å². The lowest BCUT2D eigenvalue weighted by atomic mass is 10.2. The second-order valence-corrected chi connectivity index (χ2v) is 5.59. The van der Waals surface area contributed by atoms with Gasteiger partial charge in [0.15, 0.2) is 11.5 Å². The Morgan fingerprint density at radius 1 is 1.12 bits per heavy atom. The molecule has 4 heteroatoms. The average Bonchev–Trinajstić information content (AvgIpc) is 2.61. The molecule has 0 aliphatic carbocycles. The summed E-state index contributed by atoms with van der Waals surface area (Å²) in [6.07, 6.45) is 3.36. The van der Waals surface area contributed by atoms with Crippen molar-refractivity contribution in [3.05, 3.63) is 60.2 Å². The molecule has 2 rings (SSSR count). The van der Waals surface area contributed by atoms with Gasteiger partial charge < -0.3 is 19.5 Å². The number of rotatable bonds is 8. The highest BCUT2D eigenvalue weighted by Gasteiger charge is 2.12. The predicted molar refractivity (Wildman–Crippen MR) is 98.9 cm³/mol. The number of anilines is 1. The van der Waals surface area contributed by atoms with E-state index in [1.807, 2.05) is 79.6 Å². The summed E-state index contributed by atoms with van der Waals surface area (Å²) >= 11 is 0. The minimum atomic E-state index is -0.602. The molecule has 2 aromatic rings. The summed E-state index contributed by atoms with van der Waals surface area (Å²) in [4.78, 5) is 2.00. The third-order valence-electron chi connectivity index (χ3n) is 3.66. The van der Waals surface area contributed by atoms with E-state index in [1.54, 1.807) is 7.11 Å². The quantitative estimate of drug-likeness (QED) is 0.804. The Hall–Kier alpha value is -2.46. The standard InChI is InChI=1S/C20H25NO3/c1-4-8-16-11-12-19(20(13-16)23-3)24-15-18(22)14-21(2)17-9-6-5-7-10-17/h4-13,18,22H,14-15H2,1-3H3/b8-4+. The first-order valence-corrected chi connectivity index (χ1v) is 8.01. The number of methoxy groups -OCH3 is 1. The van der Waals surface area contributed by atoms with Gasteiger partial charge in [0.25, 0.3) is 0 Å². The van der Waals surface area contributed by atoms with E-state index in [9.17, 15) is 5.11 Å². The number of hydrogen-bond donors (Lipinski definition) is 1. The van der Waals surface area contributed by atoms with Gasteiger partial charge in [0.05, 0.1) is 7.11 Å². The fourth-order valence-corrected chi connectivity index (χ4v) is 2.44. The molecule has 4 nitrogen and oxygen atoms in total. The molecule has 0 aliphatic heterocycles. The zero-order valence-corrected chi connectivity index (χ0v) is 14.5. The number of likely N-dealkylation sites (N-methyl/N-ethyl adjacent to an activating group) is 1. The van der Waals surface area contributed by atoms with Crippen molar-refractivity contribution >= 4 is 11.8 Å². The Labute approximate surface area is 143 Å². The van der Waals surface area contributed by atoms with Crippen molar-refractivity contribution < 1.29 is 14.6 Å². The summed E-state index contributed by atoms with van der Waals surface area (Å²) in [6.45, 7) is 2.66. The van der Waals surface area contributed by atoms with Crippen LogP contribution in [0.3, 0.4) is 0 Å². The van der Waals surface area contributed by atoms with Gasteiger partial charge in [-0.15, -0.1) is 0 Å². The highest BCUT2D eigenvalue weighted by atomic mass is 16.5. The van der Waals surface area contributed by atoms with Crippen molar-refractivity contribution in [1.29, 1.82) is 0 Å². The molecule has 0 spiro atoms. The van der Waals surface area contributed by atoms with Crippen LogP contribution in [0.25, 0.3) is 6.08 Å². The highest BCUT2D eigenvalue weighted by Crippen LogP contribution is 2.28. The molecule has 1 N–H and O–H groups in total. The molecular weight excluding hydrogens is 302 g/mol. The molecule has 2 aromatic carbocycles. The van der Waals surface area contributed by atoms with E-state index in [1.165, 1.54) is 0 Å². The van der Waals surface area contributed by atoms with Crippen molar-refractivity contribution in [2.45, 2.75) is 13.0 Å². The second kappa shape index (κ2) is 8.99. The van der Waals surface area contributed by atoms with Crippen LogP contribution in [0.15, 0.2) is 54.6 Å². The van der Waals surface area contributed by atoms with E-state index in [0.29, 0.717) is 18.0 Å². The first-order chi connectivity index (χ1) is 11.6. The summed E-state index contributed by atoms with van der Waals surface area (Å²) in [5.74, 6) is 1.29. The lowest BCUT2D eigenvalue weighted by Gasteiger charge is -2.23. The largest absolute Gasteiger partial charge is 0.493 e. The highest BCUT2D eigenvalue weighted by molar-refractivity contribution is 5.55. The normalized spacial score (nSPS) is 12.2. The number of nitrogens with zero attached hydrogens (tertiary/aromatic N) is 1. The van der Waals surface area contributed by atoms with Crippen molar-refractivity contribution in [2.75, 3.05) is 32.2 Å². The van der Waals surface area contributed by atoms with Crippen LogP contribution in [0.1, 0.15) is 12.5 Å². The minimum Gasteiger partial charge on any atom is -0.493 e. The maximum absolute atomic E-state index is 10.2. The molecule has 1 unspecified atom stereocenters. The van der Waals surface area contributed by atoms with E-state index < -0.39 is 6.10 Å². The number of aliphatic hydroxyl groups excluding tert-OH is 1. The van der Waals surface area contributed by atoms with Crippen LogP contribution in [0.4, 0.5) is 5.69 Å². The molecule has 0 amide bonds. The minimum absolute atomic E-state index is 0.205. The number of hydrogen-bond acceptors (Lipinski definition) is 4. The molecule has 24 heavy (non-hydrogen) atoms. The van der Waals surface area contributed by atoms with Crippen LogP contribution in [0.5, 0.6) is 11.5 Å². The summed E-state index contributed by atoms with van der Waals surface area (Å²) in [5, 5.41) is 10.2. The number of benzene rings is 2. The van der Waals surface area contributed by atoms with E-state index in [2.05, 4.69) is 0 Å². The van der Waals surface area contributed by atoms with Crippen molar-refractivity contribution in [3.8, 4) is 11.5 Å². The molecule has 0 aliphatic rings. The van der Waals surface area contributed by atoms with Crippen molar-refractivity contribution in [3.63, 3.8) is 0 Å². The maximum atomic E-state index is 10.2. The van der Waals surface area contributed by atoms with Gasteiger partial charge in [-0.2, -0.15) is 0 Å². The Kier molecular flexibility index (Phi) is 6.70. The monoisotopic (exact) mass is 327 g/mol. The zero-order chi connectivity index (χ0) is 17.4. The third kappa shape index (κ3) is 5.03. The van der Waals surface area contributed by atoms with Gasteiger partial charge in [-0.1, -0.05) is 36.4 Å². The summed E-state index contributed by atoms with van der Waals surface area (Å²) in [7, 11) is 3.56. The third-order valence-corrected chi connectivity index (χ3v) is 3.66. The molecule has 0 saturated heterocycles. The molecule has 128 valence electrons. The fourth-order valence-electron chi connectivity index (χ4n) is 2.44. The van der Waals surface area contributed by atoms with Gasteiger partial charge >= 0.3 is 0 Å². The molecule has 0 heterocycles. The Morgan fingerprint density at radius 2 is 1.88 bits per heavy atom. The molecule has 0 bridgehead atoms. The van der Waals surface area contributed by atoms with Crippen LogP contribution in [-0.2, 0) is 0 Å². The van der Waals surface area contributed by atoms with Gasteiger partial charge in [-0.3, -0.25) is 0 Å². The van der Waals surface area contributed by atoms with E-state index in [-0.39, 0.29) is 6.61 Å². The van der Waals surface area contributed by atoms with Crippen molar-refractivity contribution in [1.82, 2.24) is 0 Å². The number of allylic oxidation sites excluding steroid dienone is 1. The lowest BCUT2D eigenvalue weighted by Crippen LogP contribution is -2.33. The van der Waals surface area contributed by atoms with Gasteiger partial charge in [0, 0.05) is 19.3 Å². The first-order valence-electron chi connectivity index (χ1n) is 8.01. The summed E-state index contributed by atoms with van der Waals surface area (Å²) in [6, 6.07) is 15.7. The molecular formula is C20H25NO3. The van der Waals surface area contributed by atoms with E-state index in [4.69, 9.17) is 9.47 Å². The van der Waals surface area contributed by atoms with Crippen LogP contribution in [0.2, 0.25) is 0 Å². The Balaban J connectivity index is 1.92. The number of para-hydroxylation sites is 1. The Bertz CT molecular complexity index is 655. The van der Waals surface area contributed by atoms with Gasteiger partial charge in [-0.05, 0) is 36.8 Å². The van der Waals surface area contributed by atoms with Gasteiger partial charge in [0.2, 0.25) is 0 Å². The van der Waals surface area contributed by atoms with Crippen LogP contribution in [-0.4, -0.2) is 38.5 Å². The van der Waals surface area contributed by atoms with Gasteiger partial charge in [0.1, 0.15) is 12.7 Å². The summed E-state index contributed by atoms with van der Waals surface area (Å²) in [5.41, 5.74) is 2.11. The summed E-state index contributed by atoms with van der Waals surface area (Å²) < 4.78 is 11.1. The molecule has 0 fully saturated rings. The predicted octanol–water partition coefficient (Wildman–Crippen LogP) is 3.60. The topological polar surface area (TPSA) is 41.9 Å². The molecule has 1 atom stereocenters. The second-order valence-electron chi connectivity index (χ2n) is 5.59. The zero-order valence-electron chi connectivity index (χ0n) is 14.5. The smallest absolute Gasteiger partial charge is 0.161 e. The molecule has 0 saturated carbocycles. The van der Waals surface area contributed by atoms with Crippen LogP contribution < -0.4 is 14.4 Å². The SMILES string of the molecule is C/C=C/c1ccc(OCC(O)CN(C)c2ccccc2)c(OC)c1. The molecule has 0 radical (unpaired) electrons. The van der Waals surface area contributed by atoms with E-state index >= 15 is 0 Å². The first kappa shape index (κ1) is 17.9. The van der Waals surface area contributed by atoms with E-state index in [0.717, 1.165) is 11.3 Å². The van der Waals surface area contributed by atoms with Crippen molar-refractivity contribution in [2.24, 2.45) is 0 Å². The fraction of sp³-hybridized carbons (Fsp3) is 0.300. The van der Waals surface area contributed by atoms with Gasteiger partial charge in [-0.25, -0.2) is 0 Å². The van der Waals surface area contributed by atoms with Crippen LogP contribution >= 0.6 is 0 Å². The molecule has 0 aromatic heterocycles. The number of aliphatic hydroxyl groups is 1. The lowest BCUT2D eigenvalue weighted by molar-refractivity contribution is 0.111. The number of ether oxygens (including phenoxy) is 2. The Morgan fingerprint density at radius 3 is 2.54 bits per heavy atom. The maximum Gasteiger partial charge on any atom is 0.161 e.